The molecule has 1 unspecified atom stereocenters. The summed E-state index contributed by atoms with van der Waals surface area (Å²) in [6.07, 6.45) is 4.30. The number of carbonyl (C=O) groups is 2. The van der Waals surface area contributed by atoms with Crippen molar-refractivity contribution in [1.82, 2.24) is 10.8 Å². The van der Waals surface area contributed by atoms with E-state index in [1.54, 1.807) is 0 Å². The van der Waals surface area contributed by atoms with E-state index in [1.807, 2.05) is 13.8 Å². The van der Waals surface area contributed by atoms with Gasteiger partial charge in [0.25, 0.3) is 5.91 Å². The summed E-state index contributed by atoms with van der Waals surface area (Å²) in [6, 6.07) is -1.37. The number of carbonyl (C=O) groups excluding carboxylic acids is 2. The van der Waals surface area contributed by atoms with E-state index in [0.717, 1.165) is 25.7 Å². The zero-order chi connectivity index (χ0) is 12.8. The highest BCUT2D eigenvalue weighted by atomic mass is 16.7. The molecule has 1 saturated carbocycles. The molecule has 0 aromatic heterocycles. The number of nitrogens with two attached hydrogens (primary N) is 1. The van der Waals surface area contributed by atoms with Crippen LogP contribution in [-0.2, 0) is 9.63 Å². The molecule has 0 spiro atoms. The summed E-state index contributed by atoms with van der Waals surface area (Å²) in [7, 11) is 0. The normalized spacial score (nSPS) is 18.1. The lowest BCUT2D eigenvalue weighted by Crippen LogP contribution is -2.51. The standard InChI is InChI=1S/C11H21N3O3/c1-7(2)9(13-11(12)16)10(15)14-17-8-5-3-4-6-8/h7-9H,3-6H2,1-2H3,(H,14,15)(H3,12,13,16). The Balaban J connectivity index is 2.38. The molecule has 1 aliphatic carbocycles. The quantitative estimate of drug-likeness (QED) is 0.619. The monoisotopic (exact) mass is 243 g/mol. The molecule has 1 fully saturated rings. The van der Waals surface area contributed by atoms with Crippen molar-refractivity contribution in [2.75, 3.05) is 0 Å². The molecule has 4 N–H and O–H groups in total. The summed E-state index contributed by atoms with van der Waals surface area (Å²) in [5, 5.41) is 2.40. The van der Waals surface area contributed by atoms with Crippen molar-refractivity contribution in [1.29, 1.82) is 0 Å². The smallest absolute Gasteiger partial charge is 0.312 e. The first kappa shape index (κ1) is 13.8. The summed E-state index contributed by atoms with van der Waals surface area (Å²) in [4.78, 5) is 27.8. The molecule has 0 radical (unpaired) electrons. The van der Waals surface area contributed by atoms with Gasteiger partial charge in [-0.15, -0.1) is 0 Å². The van der Waals surface area contributed by atoms with E-state index in [2.05, 4.69) is 10.8 Å². The molecule has 1 aliphatic rings. The zero-order valence-corrected chi connectivity index (χ0v) is 10.4. The Labute approximate surface area is 101 Å². The number of primary amides is 1. The van der Waals surface area contributed by atoms with Gasteiger partial charge in [0.2, 0.25) is 0 Å². The average Bonchev–Trinajstić information content (AvgIpc) is 2.74. The van der Waals surface area contributed by atoms with Gasteiger partial charge in [0, 0.05) is 0 Å². The number of hydroxylamine groups is 1. The third kappa shape index (κ3) is 4.60. The second-order valence-corrected chi connectivity index (χ2v) is 4.72. The third-order valence-electron chi connectivity index (χ3n) is 2.88. The maximum atomic E-state index is 11.8. The minimum Gasteiger partial charge on any atom is -0.352 e. The average molecular weight is 243 g/mol. The maximum Gasteiger partial charge on any atom is 0.312 e. The van der Waals surface area contributed by atoms with Crippen LogP contribution in [0.2, 0.25) is 0 Å². The maximum absolute atomic E-state index is 11.8. The fourth-order valence-corrected chi connectivity index (χ4v) is 1.90. The van der Waals surface area contributed by atoms with Crippen molar-refractivity contribution in [3.05, 3.63) is 0 Å². The Kier molecular flexibility index (Phi) is 5.21. The minimum atomic E-state index is -0.709. The highest BCUT2D eigenvalue weighted by Gasteiger charge is 2.25. The number of urea groups is 1. The lowest BCUT2D eigenvalue weighted by atomic mass is 10.0. The van der Waals surface area contributed by atoms with E-state index in [9.17, 15) is 9.59 Å². The number of hydrogen-bond donors (Lipinski definition) is 3. The van der Waals surface area contributed by atoms with Crippen LogP contribution in [0.4, 0.5) is 4.79 Å². The van der Waals surface area contributed by atoms with Crippen molar-refractivity contribution < 1.29 is 14.4 Å². The van der Waals surface area contributed by atoms with E-state index >= 15 is 0 Å². The number of rotatable bonds is 5. The molecule has 17 heavy (non-hydrogen) atoms. The van der Waals surface area contributed by atoms with Gasteiger partial charge in [-0.05, 0) is 18.8 Å². The molecule has 3 amide bonds. The van der Waals surface area contributed by atoms with Gasteiger partial charge in [-0.1, -0.05) is 26.7 Å². The lowest BCUT2D eigenvalue weighted by molar-refractivity contribution is -0.141. The molecule has 1 rings (SSSR count). The largest absolute Gasteiger partial charge is 0.352 e. The van der Waals surface area contributed by atoms with Crippen LogP contribution in [-0.4, -0.2) is 24.1 Å². The molecule has 98 valence electrons. The molecule has 0 bridgehead atoms. The Morgan fingerprint density at radius 3 is 2.35 bits per heavy atom. The zero-order valence-electron chi connectivity index (χ0n) is 10.4. The summed E-state index contributed by atoms with van der Waals surface area (Å²) < 4.78 is 0. The van der Waals surface area contributed by atoms with E-state index < -0.39 is 12.1 Å². The van der Waals surface area contributed by atoms with Gasteiger partial charge in [-0.3, -0.25) is 9.63 Å². The van der Waals surface area contributed by atoms with Crippen LogP contribution < -0.4 is 16.5 Å². The first-order valence-electron chi connectivity index (χ1n) is 6.02. The van der Waals surface area contributed by atoms with Gasteiger partial charge < -0.3 is 11.1 Å². The van der Waals surface area contributed by atoms with Crippen LogP contribution in [0.5, 0.6) is 0 Å². The summed E-state index contributed by atoms with van der Waals surface area (Å²) in [5.74, 6) is -0.402. The molecule has 6 heteroatoms. The van der Waals surface area contributed by atoms with E-state index in [0.29, 0.717) is 0 Å². The van der Waals surface area contributed by atoms with Crippen LogP contribution in [0.25, 0.3) is 0 Å². The van der Waals surface area contributed by atoms with Crippen LogP contribution in [0.3, 0.4) is 0 Å². The molecule has 0 aromatic rings. The second kappa shape index (κ2) is 6.44. The van der Waals surface area contributed by atoms with Crippen molar-refractivity contribution in [2.45, 2.75) is 51.7 Å². The number of hydrogen-bond acceptors (Lipinski definition) is 3. The van der Waals surface area contributed by atoms with Gasteiger partial charge >= 0.3 is 6.03 Å². The Morgan fingerprint density at radius 1 is 1.29 bits per heavy atom. The second-order valence-electron chi connectivity index (χ2n) is 4.72. The lowest BCUT2D eigenvalue weighted by Gasteiger charge is -2.21. The Bertz CT molecular complexity index is 275. The van der Waals surface area contributed by atoms with Gasteiger partial charge in [0.05, 0.1) is 6.10 Å². The number of amides is 3. The van der Waals surface area contributed by atoms with Crippen molar-refractivity contribution in [2.24, 2.45) is 11.7 Å². The molecule has 0 aliphatic heterocycles. The summed E-state index contributed by atoms with van der Waals surface area (Å²) in [5.41, 5.74) is 7.42. The van der Waals surface area contributed by atoms with Gasteiger partial charge in [-0.25, -0.2) is 10.3 Å². The molecule has 0 aromatic carbocycles. The first-order chi connectivity index (χ1) is 8.00. The van der Waals surface area contributed by atoms with Gasteiger partial charge in [-0.2, -0.15) is 0 Å². The van der Waals surface area contributed by atoms with Gasteiger partial charge in [0.1, 0.15) is 6.04 Å². The van der Waals surface area contributed by atoms with Gasteiger partial charge in [0.15, 0.2) is 0 Å². The van der Waals surface area contributed by atoms with Crippen molar-refractivity contribution in [3.8, 4) is 0 Å². The minimum absolute atomic E-state index is 0.0466. The summed E-state index contributed by atoms with van der Waals surface area (Å²) >= 11 is 0. The fourth-order valence-electron chi connectivity index (χ4n) is 1.90. The van der Waals surface area contributed by atoms with Crippen molar-refractivity contribution >= 4 is 11.9 Å². The molecule has 0 saturated heterocycles. The SMILES string of the molecule is CC(C)C(NC(N)=O)C(=O)NOC1CCCC1. The van der Waals surface area contributed by atoms with Crippen LogP contribution >= 0.6 is 0 Å². The fraction of sp³-hybridized carbons (Fsp3) is 0.818. The predicted octanol–water partition coefficient (Wildman–Crippen LogP) is 0.670. The van der Waals surface area contributed by atoms with E-state index in [-0.39, 0.29) is 17.9 Å². The third-order valence-corrected chi connectivity index (χ3v) is 2.88. The predicted molar refractivity (Wildman–Crippen MR) is 62.8 cm³/mol. The molecule has 1 atom stereocenters. The molecule has 0 heterocycles. The highest BCUT2D eigenvalue weighted by molar-refractivity contribution is 5.86. The topological polar surface area (TPSA) is 93.5 Å². The Hall–Kier alpha value is -1.30. The van der Waals surface area contributed by atoms with Crippen molar-refractivity contribution in [3.63, 3.8) is 0 Å². The highest BCUT2D eigenvalue weighted by Crippen LogP contribution is 2.19. The Morgan fingerprint density at radius 2 is 1.88 bits per heavy atom. The molecular formula is C11H21N3O3. The molecule has 6 nitrogen and oxygen atoms in total. The first-order valence-corrected chi connectivity index (χ1v) is 6.02. The van der Waals surface area contributed by atoms with Crippen LogP contribution in [0.1, 0.15) is 39.5 Å². The van der Waals surface area contributed by atoms with E-state index in [4.69, 9.17) is 10.6 Å². The van der Waals surface area contributed by atoms with Crippen LogP contribution in [0, 0.1) is 5.92 Å². The van der Waals surface area contributed by atoms with E-state index in [1.165, 1.54) is 0 Å². The summed E-state index contributed by atoms with van der Waals surface area (Å²) in [6.45, 7) is 3.66. The van der Waals surface area contributed by atoms with Crippen LogP contribution in [0.15, 0.2) is 0 Å². The molecular weight excluding hydrogens is 222 g/mol. The number of nitrogens with one attached hydrogen (secondary N) is 2.